The summed E-state index contributed by atoms with van der Waals surface area (Å²) in [5, 5.41) is 11.2. The smallest absolute Gasteiger partial charge is 0.343 e. The summed E-state index contributed by atoms with van der Waals surface area (Å²) in [4.78, 5) is 35.1. The molecule has 0 amide bonds. The lowest BCUT2D eigenvalue weighted by atomic mass is 10.2. The van der Waals surface area contributed by atoms with Gasteiger partial charge in [0.15, 0.2) is 5.75 Å². The SMILES string of the molecule is CCOc1ccc(C(=O)Oc2ccc(C(=O)OCCOc3ccccc3)cc2)cc1[N+](=O)[O-]. The van der Waals surface area contributed by atoms with Crippen molar-refractivity contribution in [1.82, 2.24) is 0 Å². The van der Waals surface area contributed by atoms with Gasteiger partial charge < -0.3 is 18.9 Å². The summed E-state index contributed by atoms with van der Waals surface area (Å²) >= 11 is 0. The zero-order chi connectivity index (χ0) is 23.6. The first-order chi connectivity index (χ1) is 16.0. The van der Waals surface area contributed by atoms with E-state index in [1.54, 1.807) is 19.1 Å². The molecule has 3 rings (SSSR count). The fourth-order valence-corrected chi connectivity index (χ4v) is 2.78. The number of nitrogens with zero attached hydrogens (tertiary/aromatic N) is 1. The van der Waals surface area contributed by atoms with Gasteiger partial charge in [0, 0.05) is 6.07 Å². The number of esters is 2. The molecule has 170 valence electrons. The summed E-state index contributed by atoms with van der Waals surface area (Å²) in [5.41, 5.74) is -0.0705. The van der Waals surface area contributed by atoms with Crippen molar-refractivity contribution in [1.29, 1.82) is 0 Å². The number of rotatable bonds is 10. The first-order valence-corrected chi connectivity index (χ1v) is 10.1. The molecule has 0 radical (unpaired) electrons. The molecule has 0 aliphatic carbocycles. The van der Waals surface area contributed by atoms with Crippen molar-refractivity contribution in [3.05, 3.63) is 94.0 Å². The molecular formula is C24H21NO8. The molecule has 0 spiro atoms. The van der Waals surface area contributed by atoms with Crippen LogP contribution in [0, 0.1) is 10.1 Å². The molecule has 33 heavy (non-hydrogen) atoms. The molecule has 3 aromatic carbocycles. The first-order valence-electron chi connectivity index (χ1n) is 10.1. The van der Waals surface area contributed by atoms with Crippen molar-refractivity contribution in [3.63, 3.8) is 0 Å². The van der Waals surface area contributed by atoms with Crippen LogP contribution in [0.3, 0.4) is 0 Å². The van der Waals surface area contributed by atoms with Crippen LogP contribution >= 0.6 is 0 Å². The minimum atomic E-state index is -0.783. The van der Waals surface area contributed by atoms with Gasteiger partial charge in [-0.1, -0.05) is 18.2 Å². The molecule has 0 aliphatic heterocycles. The molecule has 3 aromatic rings. The van der Waals surface area contributed by atoms with Gasteiger partial charge in [-0.15, -0.1) is 0 Å². The second-order valence-electron chi connectivity index (χ2n) is 6.58. The van der Waals surface area contributed by atoms with Crippen LogP contribution in [-0.4, -0.2) is 36.7 Å². The predicted molar refractivity (Wildman–Crippen MR) is 118 cm³/mol. The minimum absolute atomic E-state index is 0.00736. The molecule has 0 atom stereocenters. The van der Waals surface area contributed by atoms with Crippen molar-refractivity contribution in [2.75, 3.05) is 19.8 Å². The molecular weight excluding hydrogens is 430 g/mol. The van der Waals surface area contributed by atoms with Crippen LogP contribution in [0.2, 0.25) is 0 Å². The molecule has 0 aliphatic rings. The lowest BCUT2D eigenvalue weighted by Gasteiger charge is -2.09. The summed E-state index contributed by atoms with van der Waals surface area (Å²) in [5.74, 6) is -0.421. The average molecular weight is 451 g/mol. The van der Waals surface area contributed by atoms with Gasteiger partial charge in [-0.05, 0) is 55.5 Å². The maximum Gasteiger partial charge on any atom is 0.343 e. The van der Waals surface area contributed by atoms with Crippen molar-refractivity contribution in [3.8, 4) is 17.2 Å². The number of hydrogen-bond donors (Lipinski definition) is 0. The van der Waals surface area contributed by atoms with E-state index in [0.717, 1.165) is 6.07 Å². The van der Waals surface area contributed by atoms with Gasteiger partial charge in [-0.25, -0.2) is 9.59 Å². The van der Waals surface area contributed by atoms with E-state index in [9.17, 15) is 19.7 Å². The third-order valence-corrected chi connectivity index (χ3v) is 4.32. The topological polar surface area (TPSA) is 114 Å². The Morgan fingerprint density at radius 2 is 1.52 bits per heavy atom. The highest BCUT2D eigenvalue weighted by Gasteiger charge is 2.20. The van der Waals surface area contributed by atoms with Gasteiger partial charge in [0.2, 0.25) is 0 Å². The highest BCUT2D eigenvalue weighted by molar-refractivity contribution is 5.93. The lowest BCUT2D eigenvalue weighted by molar-refractivity contribution is -0.385. The first kappa shape index (κ1) is 23.3. The largest absolute Gasteiger partial charge is 0.490 e. The second-order valence-corrected chi connectivity index (χ2v) is 6.58. The van der Waals surface area contributed by atoms with E-state index in [0.29, 0.717) is 5.75 Å². The van der Waals surface area contributed by atoms with E-state index in [2.05, 4.69) is 0 Å². The molecule has 9 heteroatoms. The number of carbonyl (C=O) groups excluding carboxylic acids is 2. The number of nitro groups is 1. The van der Waals surface area contributed by atoms with Gasteiger partial charge >= 0.3 is 17.6 Å². The van der Waals surface area contributed by atoms with E-state index >= 15 is 0 Å². The number of carbonyl (C=O) groups is 2. The van der Waals surface area contributed by atoms with Crippen molar-refractivity contribution >= 4 is 17.6 Å². The molecule has 0 aromatic heterocycles. The number of ether oxygens (including phenoxy) is 4. The van der Waals surface area contributed by atoms with E-state index in [1.807, 2.05) is 18.2 Å². The highest BCUT2D eigenvalue weighted by Crippen LogP contribution is 2.28. The van der Waals surface area contributed by atoms with Gasteiger partial charge in [-0.3, -0.25) is 10.1 Å². The number of nitro benzene ring substituents is 1. The Hall–Kier alpha value is -4.40. The lowest BCUT2D eigenvalue weighted by Crippen LogP contribution is -2.12. The number of para-hydroxylation sites is 1. The average Bonchev–Trinajstić information content (AvgIpc) is 2.83. The van der Waals surface area contributed by atoms with Crippen molar-refractivity contribution in [2.24, 2.45) is 0 Å². The Bertz CT molecular complexity index is 1110. The van der Waals surface area contributed by atoms with Gasteiger partial charge in [-0.2, -0.15) is 0 Å². The molecule has 0 unspecified atom stereocenters. The molecule has 0 heterocycles. The van der Waals surface area contributed by atoms with E-state index < -0.39 is 16.9 Å². The van der Waals surface area contributed by atoms with E-state index in [-0.39, 0.29) is 48.1 Å². The van der Waals surface area contributed by atoms with Crippen LogP contribution in [-0.2, 0) is 4.74 Å². The maximum absolute atomic E-state index is 12.4. The minimum Gasteiger partial charge on any atom is -0.490 e. The normalized spacial score (nSPS) is 10.2. The molecule has 0 fully saturated rings. The molecule has 0 bridgehead atoms. The Balaban J connectivity index is 1.54. The fraction of sp³-hybridized carbons (Fsp3) is 0.167. The maximum atomic E-state index is 12.4. The molecule has 0 saturated carbocycles. The second kappa shape index (κ2) is 11.3. The van der Waals surface area contributed by atoms with E-state index in [4.69, 9.17) is 18.9 Å². The third-order valence-electron chi connectivity index (χ3n) is 4.32. The summed E-state index contributed by atoms with van der Waals surface area (Å²) in [6.07, 6.45) is 0. The van der Waals surface area contributed by atoms with Crippen LogP contribution in [0.4, 0.5) is 5.69 Å². The number of benzene rings is 3. The monoisotopic (exact) mass is 451 g/mol. The number of hydrogen-bond acceptors (Lipinski definition) is 8. The quantitative estimate of drug-likeness (QED) is 0.146. The highest BCUT2D eigenvalue weighted by atomic mass is 16.6. The summed E-state index contributed by atoms with van der Waals surface area (Å²) < 4.78 is 21.1. The fourth-order valence-electron chi connectivity index (χ4n) is 2.78. The third kappa shape index (κ3) is 6.54. The van der Waals surface area contributed by atoms with Crippen LogP contribution in [0.25, 0.3) is 0 Å². The zero-order valence-corrected chi connectivity index (χ0v) is 17.8. The zero-order valence-electron chi connectivity index (χ0n) is 17.8. The Kier molecular flexibility index (Phi) is 7.96. The Morgan fingerprint density at radius 1 is 0.818 bits per heavy atom. The van der Waals surface area contributed by atoms with Crippen molar-refractivity contribution in [2.45, 2.75) is 6.92 Å². The van der Waals surface area contributed by atoms with Crippen molar-refractivity contribution < 1.29 is 33.5 Å². The van der Waals surface area contributed by atoms with Crippen LogP contribution in [0.15, 0.2) is 72.8 Å². The van der Waals surface area contributed by atoms with Gasteiger partial charge in [0.05, 0.1) is 22.7 Å². The van der Waals surface area contributed by atoms with E-state index in [1.165, 1.54) is 36.4 Å². The van der Waals surface area contributed by atoms with Gasteiger partial charge in [0.1, 0.15) is 24.7 Å². The summed E-state index contributed by atoms with van der Waals surface area (Å²) in [6, 6.07) is 18.7. The molecule has 9 nitrogen and oxygen atoms in total. The molecule has 0 N–H and O–H groups in total. The van der Waals surface area contributed by atoms with Crippen LogP contribution < -0.4 is 14.2 Å². The molecule has 0 saturated heterocycles. The van der Waals surface area contributed by atoms with Crippen LogP contribution in [0.1, 0.15) is 27.6 Å². The Morgan fingerprint density at radius 3 is 2.18 bits per heavy atom. The Labute approximate surface area is 189 Å². The van der Waals surface area contributed by atoms with Crippen LogP contribution in [0.5, 0.6) is 17.2 Å². The summed E-state index contributed by atoms with van der Waals surface area (Å²) in [6.45, 7) is 2.23. The van der Waals surface area contributed by atoms with Gasteiger partial charge in [0.25, 0.3) is 0 Å². The summed E-state index contributed by atoms with van der Waals surface area (Å²) in [7, 11) is 0. The standard InChI is InChI=1S/C24H21NO8/c1-2-30-22-13-10-18(16-21(22)25(28)29)24(27)33-20-11-8-17(9-12-20)23(26)32-15-14-31-19-6-4-3-5-7-19/h3-13,16H,2,14-15H2,1H3. The predicted octanol–water partition coefficient (Wildman–Crippen LogP) is 4.45.